The number of amides is 2. The number of hydrogen-bond acceptors (Lipinski definition) is 3. The van der Waals surface area contributed by atoms with Crippen molar-refractivity contribution in [3.05, 3.63) is 64.6 Å². The van der Waals surface area contributed by atoms with Crippen molar-refractivity contribution in [1.82, 2.24) is 9.88 Å². The van der Waals surface area contributed by atoms with Crippen LogP contribution in [0.15, 0.2) is 53.5 Å². The van der Waals surface area contributed by atoms with Gasteiger partial charge >= 0.3 is 6.03 Å². The summed E-state index contributed by atoms with van der Waals surface area (Å²) in [5.41, 5.74) is -0.0990. The number of rotatable bonds is 6. The summed E-state index contributed by atoms with van der Waals surface area (Å²) in [6, 6.07) is 12.4. The van der Waals surface area contributed by atoms with Gasteiger partial charge in [0.1, 0.15) is 5.69 Å². The van der Waals surface area contributed by atoms with Crippen molar-refractivity contribution in [2.75, 3.05) is 11.9 Å². The third-order valence-corrected chi connectivity index (χ3v) is 4.31. The second-order valence-corrected chi connectivity index (χ2v) is 6.66. The minimum absolute atomic E-state index is 0.00683. The highest BCUT2D eigenvalue weighted by atomic mass is 16.3. The molecule has 1 atom stereocenters. The highest BCUT2D eigenvalue weighted by molar-refractivity contribution is 5.88. The van der Waals surface area contributed by atoms with Crippen LogP contribution >= 0.6 is 0 Å². The molecule has 0 aliphatic carbocycles. The van der Waals surface area contributed by atoms with Crippen LogP contribution in [0.4, 0.5) is 10.5 Å². The van der Waals surface area contributed by atoms with Crippen LogP contribution in [0, 0.1) is 5.92 Å². The van der Waals surface area contributed by atoms with Crippen LogP contribution in [0.2, 0.25) is 0 Å². The van der Waals surface area contributed by atoms with Gasteiger partial charge in [0.25, 0.3) is 5.56 Å². The fraction of sp³-hybridized carbons (Fsp3) is 0.368. The first-order valence-corrected chi connectivity index (χ1v) is 8.30. The molecule has 6 heteroatoms. The van der Waals surface area contributed by atoms with E-state index in [4.69, 9.17) is 0 Å². The zero-order valence-electron chi connectivity index (χ0n) is 14.8. The Morgan fingerprint density at radius 2 is 1.88 bits per heavy atom. The van der Waals surface area contributed by atoms with E-state index >= 15 is 0 Å². The molecule has 2 amide bonds. The fourth-order valence-corrected chi connectivity index (χ4v) is 2.17. The summed E-state index contributed by atoms with van der Waals surface area (Å²) in [5.74, 6) is -0.00683. The van der Waals surface area contributed by atoms with Crippen molar-refractivity contribution >= 4 is 11.7 Å². The predicted octanol–water partition coefficient (Wildman–Crippen LogP) is 2.43. The summed E-state index contributed by atoms with van der Waals surface area (Å²) in [6.07, 6.45) is 1.68. The summed E-state index contributed by atoms with van der Waals surface area (Å²) < 4.78 is 1.54. The molecule has 134 valence electrons. The van der Waals surface area contributed by atoms with Crippen LogP contribution in [0.1, 0.15) is 26.3 Å². The average Bonchev–Trinajstić information content (AvgIpc) is 2.57. The van der Waals surface area contributed by atoms with E-state index in [0.29, 0.717) is 6.54 Å². The number of urea groups is 1. The maximum absolute atomic E-state index is 12.5. The third-order valence-electron chi connectivity index (χ3n) is 4.31. The number of hydrogen-bond donors (Lipinski definition) is 3. The standard InChI is InChI=1S/C19H25N3O3/c1-14(2)19(3,25)13-20-18(24)21-16-10-7-11-22(17(16)23)12-15-8-5-4-6-9-15/h4-11,14,25H,12-13H2,1-3H3,(H2,20,21,24). The third kappa shape index (κ3) is 5.19. The number of anilines is 1. The molecule has 0 bridgehead atoms. The monoisotopic (exact) mass is 343 g/mol. The van der Waals surface area contributed by atoms with Gasteiger partial charge in [0.2, 0.25) is 0 Å². The minimum atomic E-state index is -1.01. The van der Waals surface area contributed by atoms with Crippen molar-refractivity contribution in [3.63, 3.8) is 0 Å². The Hall–Kier alpha value is -2.60. The van der Waals surface area contributed by atoms with E-state index in [1.807, 2.05) is 44.2 Å². The van der Waals surface area contributed by atoms with Crippen molar-refractivity contribution in [2.24, 2.45) is 5.92 Å². The number of nitrogens with one attached hydrogen (secondary N) is 2. The number of carbonyl (C=O) groups excluding carboxylic acids is 1. The second kappa shape index (κ2) is 7.98. The highest BCUT2D eigenvalue weighted by Gasteiger charge is 2.25. The van der Waals surface area contributed by atoms with Gasteiger partial charge in [-0.2, -0.15) is 0 Å². The average molecular weight is 343 g/mol. The molecule has 2 aromatic rings. The lowest BCUT2D eigenvalue weighted by Crippen LogP contribution is -2.46. The highest BCUT2D eigenvalue weighted by Crippen LogP contribution is 2.14. The molecule has 3 N–H and O–H groups in total. The number of pyridine rings is 1. The lowest BCUT2D eigenvalue weighted by atomic mass is 9.93. The molecule has 1 aromatic carbocycles. The molecule has 0 saturated heterocycles. The van der Waals surface area contributed by atoms with Gasteiger partial charge in [-0.05, 0) is 30.5 Å². The molecule has 1 unspecified atom stereocenters. The van der Waals surface area contributed by atoms with Crippen LogP contribution in [0.3, 0.4) is 0 Å². The molecule has 0 saturated carbocycles. The second-order valence-electron chi connectivity index (χ2n) is 6.66. The van der Waals surface area contributed by atoms with Gasteiger partial charge in [0.15, 0.2) is 0 Å². The largest absolute Gasteiger partial charge is 0.388 e. The number of aliphatic hydroxyl groups is 1. The van der Waals surface area contributed by atoms with Crippen LogP contribution in [0.5, 0.6) is 0 Å². The van der Waals surface area contributed by atoms with E-state index in [2.05, 4.69) is 10.6 Å². The number of nitrogens with zero attached hydrogens (tertiary/aromatic N) is 1. The zero-order valence-corrected chi connectivity index (χ0v) is 14.8. The van der Waals surface area contributed by atoms with E-state index in [1.165, 1.54) is 4.57 Å². The predicted molar refractivity (Wildman–Crippen MR) is 98.7 cm³/mol. The molecule has 2 rings (SSSR count). The van der Waals surface area contributed by atoms with Gasteiger partial charge < -0.3 is 20.3 Å². The van der Waals surface area contributed by atoms with E-state index in [1.54, 1.807) is 25.3 Å². The summed E-state index contributed by atoms with van der Waals surface area (Å²) in [7, 11) is 0. The molecule has 0 fully saturated rings. The Bertz CT molecular complexity index is 767. The molecule has 0 aliphatic rings. The first-order valence-electron chi connectivity index (χ1n) is 8.30. The van der Waals surface area contributed by atoms with Crippen LogP contribution in [-0.4, -0.2) is 27.9 Å². The van der Waals surface area contributed by atoms with Gasteiger partial charge in [-0.3, -0.25) is 4.79 Å². The fourth-order valence-electron chi connectivity index (χ4n) is 2.17. The first kappa shape index (κ1) is 18.7. The smallest absolute Gasteiger partial charge is 0.319 e. The summed E-state index contributed by atoms with van der Waals surface area (Å²) in [5, 5.41) is 15.3. The molecule has 6 nitrogen and oxygen atoms in total. The Morgan fingerprint density at radius 1 is 1.20 bits per heavy atom. The number of benzene rings is 1. The Kier molecular flexibility index (Phi) is 5.98. The molecule has 0 aliphatic heterocycles. The lowest BCUT2D eigenvalue weighted by Gasteiger charge is -2.27. The van der Waals surface area contributed by atoms with Crippen LogP contribution in [-0.2, 0) is 6.54 Å². The quantitative estimate of drug-likeness (QED) is 0.753. The molecule has 0 radical (unpaired) electrons. The van der Waals surface area contributed by atoms with Crippen LogP contribution < -0.4 is 16.2 Å². The normalized spacial score (nSPS) is 13.3. The number of aromatic nitrogens is 1. The SMILES string of the molecule is CC(C)C(C)(O)CNC(=O)Nc1cccn(Cc2ccccc2)c1=O. The molecule has 0 spiro atoms. The molecular weight excluding hydrogens is 318 g/mol. The van der Waals surface area contributed by atoms with Crippen LogP contribution in [0.25, 0.3) is 0 Å². The lowest BCUT2D eigenvalue weighted by molar-refractivity contribution is 0.0170. The summed E-state index contributed by atoms with van der Waals surface area (Å²) in [6.45, 7) is 5.94. The van der Waals surface area contributed by atoms with Gasteiger partial charge in [0, 0.05) is 12.7 Å². The molecular formula is C19H25N3O3. The van der Waals surface area contributed by atoms with Crippen molar-refractivity contribution in [3.8, 4) is 0 Å². The molecule has 1 heterocycles. The first-order chi connectivity index (χ1) is 11.8. The van der Waals surface area contributed by atoms with Crippen molar-refractivity contribution in [2.45, 2.75) is 32.9 Å². The molecule has 25 heavy (non-hydrogen) atoms. The summed E-state index contributed by atoms with van der Waals surface area (Å²) in [4.78, 5) is 24.5. The Balaban J connectivity index is 2.04. The molecule has 1 aromatic heterocycles. The topological polar surface area (TPSA) is 83.4 Å². The number of carbonyl (C=O) groups is 1. The van der Waals surface area contributed by atoms with Gasteiger partial charge in [-0.15, -0.1) is 0 Å². The Labute approximate surface area is 147 Å². The van der Waals surface area contributed by atoms with Crippen molar-refractivity contribution < 1.29 is 9.90 Å². The van der Waals surface area contributed by atoms with Crippen molar-refractivity contribution in [1.29, 1.82) is 0 Å². The van der Waals surface area contributed by atoms with E-state index in [9.17, 15) is 14.7 Å². The van der Waals surface area contributed by atoms with Gasteiger partial charge in [-0.1, -0.05) is 44.2 Å². The maximum atomic E-state index is 12.5. The summed E-state index contributed by atoms with van der Waals surface area (Å²) >= 11 is 0. The van der Waals surface area contributed by atoms with E-state index < -0.39 is 11.6 Å². The van der Waals surface area contributed by atoms with Gasteiger partial charge in [-0.25, -0.2) is 4.79 Å². The minimum Gasteiger partial charge on any atom is -0.388 e. The van der Waals surface area contributed by atoms with Gasteiger partial charge in [0.05, 0.1) is 12.1 Å². The van der Waals surface area contributed by atoms with E-state index in [0.717, 1.165) is 5.56 Å². The maximum Gasteiger partial charge on any atom is 0.319 e. The Morgan fingerprint density at radius 3 is 2.52 bits per heavy atom. The zero-order chi connectivity index (χ0) is 18.4. The van der Waals surface area contributed by atoms with E-state index in [-0.39, 0.29) is 23.7 Å².